The largest absolute Gasteiger partial charge is 0.381 e. The lowest BCUT2D eigenvalue weighted by Gasteiger charge is -2.06. The molecule has 2 rings (SSSR count). The molecule has 14 heavy (non-hydrogen) atoms. The van der Waals surface area contributed by atoms with Gasteiger partial charge < -0.3 is 5.11 Å². The molecule has 0 aliphatic carbocycles. The molecule has 2 aromatic rings. The van der Waals surface area contributed by atoms with Crippen LogP contribution in [0.15, 0.2) is 36.5 Å². The van der Waals surface area contributed by atoms with Crippen molar-refractivity contribution < 1.29 is 5.11 Å². The predicted molar refractivity (Wildman–Crippen MR) is 57.6 cm³/mol. The van der Waals surface area contributed by atoms with Crippen molar-refractivity contribution in [3.05, 3.63) is 51.4 Å². The van der Waals surface area contributed by atoms with Gasteiger partial charge in [-0.1, -0.05) is 17.7 Å². The number of rotatable bonds is 2. The van der Waals surface area contributed by atoms with E-state index in [1.54, 1.807) is 18.3 Å². The number of aliphatic hydroxyl groups is 1. The van der Waals surface area contributed by atoms with Gasteiger partial charge in [0.05, 0.1) is 10.0 Å². The number of halogens is 1. The molecule has 0 unspecified atom stereocenters. The molecule has 0 aromatic carbocycles. The van der Waals surface area contributed by atoms with E-state index in [4.69, 9.17) is 11.6 Å². The summed E-state index contributed by atoms with van der Waals surface area (Å²) in [5.74, 6) is 0. The SMILES string of the molecule is O[C@H](c1ccccn1)c1ccc(Cl)s1. The maximum atomic E-state index is 9.89. The highest BCUT2D eigenvalue weighted by Gasteiger charge is 2.12. The molecule has 0 saturated heterocycles. The fraction of sp³-hybridized carbons (Fsp3) is 0.100. The number of hydrogen-bond acceptors (Lipinski definition) is 3. The molecule has 0 bridgehead atoms. The van der Waals surface area contributed by atoms with Crippen LogP contribution in [0.25, 0.3) is 0 Å². The Morgan fingerprint density at radius 1 is 1.29 bits per heavy atom. The first-order valence-corrected chi connectivity index (χ1v) is 5.31. The molecule has 72 valence electrons. The molecule has 1 atom stereocenters. The third-order valence-corrected chi connectivity index (χ3v) is 3.11. The smallest absolute Gasteiger partial charge is 0.130 e. The lowest BCUT2D eigenvalue weighted by molar-refractivity contribution is 0.219. The molecule has 0 saturated carbocycles. The standard InChI is InChI=1S/C10H8ClNOS/c11-9-5-4-8(14-9)10(13)7-3-1-2-6-12-7/h1-6,10,13H/t10-/m1/s1. The van der Waals surface area contributed by atoms with Crippen LogP contribution >= 0.6 is 22.9 Å². The minimum absolute atomic E-state index is 0.644. The average molecular weight is 226 g/mol. The summed E-state index contributed by atoms with van der Waals surface area (Å²) in [6.07, 6.45) is 0.988. The van der Waals surface area contributed by atoms with E-state index in [-0.39, 0.29) is 0 Å². The van der Waals surface area contributed by atoms with Crippen molar-refractivity contribution in [2.24, 2.45) is 0 Å². The van der Waals surface area contributed by atoms with Gasteiger partial charge in [-0.15, -0.1) is 11.3 Å². The van der Waals surface area contributed by atoms with Gasteiger partial charge in [-0.25, -0.2) is 0 Å². The van der Waals surface area contributed by atoms with Crippen LogP contribution in [0.4, 0.5) is 0 Å². The van der Waals surface area contributed by atoms with Crippen LogP contribution in [-0.2, 0) is 0 Å². The second-order valence-corrected chi connectivity index (χ2v) is 4.55. The van der Waals surface area contributed by atoms with E-state index in [0.717, 1.165) is 4.88 Å². The fourth-order valence-electron chi connectivity index (χ4n) is 1.16. The van der Waals surface area contributed by atoms with Gasteiger partial charge in [0, 0.05) is 11.1 Å². The van der Waals surface area contributed by atoms with Gasteiger partial charge in [-0.2, -0.15) is 0 Å². The van der Waals surface area contributed by atoms with Crippen LogP contribution in [-0.4, -0.2) is 10.1 Å². The van der Waals surface area contributed by atoms with Crippen molar-refractivity contribution in [3.63, 3.8) is 0 Å². The van der Waals surface area contributed by atoms with Crippen molar-refractivity contribution >= 4 is 22.9 Å². The number of aromatic nitrogens is 1. The lowest BCUT2D eigenvalue weighted by Crippen LogP contribution is -1.98. The Hall–Kier alpha value is -0.900. The van der Waals surface area contributed by atoms with Crippen LogP contribution < -0.4 is 0 Å². The summed E-state index contributed by atoms with van der Waals surface area (Å²) in [6.45, 7) is 0. The first kappa shape index (κ1) is 9.65. The van der Waals surface area contributed by atoms with Gasteiger partial charge in [0.1, 0.15) is 6.10 Å². The normalized spacial score (nSPS) is 12.7. The van der Waals surface area contributed by atoms with Crippen molar-refractivity contribution in [1.82, 2.24) is 4.98 Å². The van der Waals surface area contributed by atoms with E-state index < -0.39 is 6.10 Å². The van der Waals surface area contributed by atoms with Gasteiger partial charge in [0.15, 0.2) is 0 Å². The van der Waals surface area contributed by atoms with Gasteiger partial charge in [-0.3, -0.25) is 4.98 Å². The molecule has 0 aliphatic rings. The molecule has 2 nitrogen and oxygen atoms in total. The summed E-state index contributed by atoms with van der Waals surface area (Å²) >= 11 is 7.15. The van der Waals surface area contributed by atoms with E-state index in [1.165, 1.54) is 11.3 Å². The Kier molecular flexibility index (Phi) is 2.82. The molecule has 2 aromatic heterocycles. The zero-order valence-electron chi connectivity index (χ0n) is 7.22. The highest BCUT2D eigenvalue weighted by atomic mass is 35.5. The average Bonchev–Trinajstić information content (AvgIpc) is 2.65. The fourth-order valence-corrected chi connectivity index (χ4v) is 2.22. The van der Waals surface area contributed by atoms with E-state index >= 15 is 0 Å². The van der Waals surface area contributed by atoms with Crippen LogP contribution in [0.5, 0.6) is 0 Å². The number of aliphatic hydroxyl groups excluding tert-OH is 1. The van der Waals surface area contributed by atoms with Crippen LogP contribution in [0, 0.1) is 0 Å². The molecule has 0 amide bonds. The topological polar surface area (TPSA) is 33.1 Å². The van der Waals surface area contributed by atoms with Gasteiger partial charge >= 0.3 is 0 Å². The minimum Gasteiger partial charge on any atom is -0.381 e. The maximum Gasteiger partial charge on any atom is 0.130 e. The minimum atomic E-state index is -0.673. The number of nitrogens with zero attached hydrogens (tertiary/aromatic N) is 1. The van der Waals surface area contributed by atoms with Crippen LogP contribution in [0.3, 0.4) is 0 Å². The Balaban J connectivity index is 2.29. The number of thiophene rings is 1. The molecule has 0 radical (unpaired) electrons. The molecule has 1 N–H and O–H groups in total. The molecule has 4 heteroatoms. The van der Waals surface area contributed by atoms with Crippen molar-refractivity contribution in [2.75, 3.05) is 0 Å². The molecule has 0 aliphatic heterocycles. The monoisotopic (exact) mass is 225 g/mol. The van der Waals surface area contributed by atoms with E-state index in [1.807, 2.05) is 18.2 Å². The van der Waals surface area contributed by atoms with Crippen molar-refractivity contribution in [1.29, 1.82) is 0 Å². The Morgan fingerprint density at radius 2 is 2.14 bits per heavy atom. The summed E-state index contributed by atoms with van der Waals surface area (Å²) in [4.78, 5) is 4.89. The Morgan fingerprint density at radius 3 is 2.71 bits per heavy atom. The zero-order valence-corrected chi connectivity index (χ0v) is 8.79. The highest BCUT2D eigenvalue weighted by Crippen LogP contribution is 2.29. The zero-order chi connectivity index (χ0) is 9.97. The van der Waals surface area contributed by atoms with E-state index in [0.29, 0.717) is 10.0 Å². The van der Waals surface area contributed by atoms with Gasteiger partial charge in [0.25, 0.3) is 0 Å². The second kappa shape index (κ2) is 4.09. The quantitative estimate of drug-likeness (QED) is 0.853. The highest BCUT2D eigenvalue weighted by molar-refractivity contribution is 7.16. The van der Waals surface area contributed by atoms with Gasteiger partial charge in [-0.05, 0) is 24.3 Å². The Labute approximate surface area is 90.8 Å². The first-order chi connectivity index (χ1) is 6.77. The summed E-state index contributed by atoms with van der Waals surface area (Å²) in [7, 11) is 0. The molecule has 0 fully saturated rings. The maximum absolute atomic E-state index is 9.89. The van der Waals surface area contributed by atoms with E-state index in [2.05, 4.69) is 4.98 Å². The van der Waals surface area contributed by atoms with Gasteiger partial charge in [0.2, 0.25) is 0 Å². The van der Waals surface area contributed by atoms with Crippen molar-refractivity contribution in [3.8, 4) is 0 Å². The van der Waals surface area contributed by atoms with Crippen LogP contribution in [0.1, 0.15) is 16.7 Å². The third-order valence-electron chi connectivity index (χ3n) is 1.83. The number of pyridine rings is 1. The first-order valence-electron chi connectivity index (χ1n) is 4.11. The molecular formula is C10H8ClNOS. The predicted octanol–water partition coefficient (Wildman–Crippen LogP) is 2.88. The Bertz CT molecular complexity index is 415. The second-order valence-electron chi connectivity index (χ2n) is 2.80. The van der Waals surface area contributed by atoms with Crippen LogP contribution in [0.2, 0.25) is 4.34 Å². The molecule has 0 spiro atoms. The molecular weight excluding hydrogens is 218 g/mol. The molecule has 2 heterocycles. The summed E-state index contributed by atoms with van der Waals surface area (Å²) in [6, 6.07) is 9.04. The summed E-state index contributed by atoms with van der Waals surface area (Å²) < 4.78 is 0.676. The number of hydrogen-bond donors (Lipinski definition) is 1. The third kappa shape index (κ3) is 1.95. The summed E-state index contributed by atoms with van der Waals surface area (Å²) in [5, 5.41) is 9.89. The van der Waals surface area contributed by atoms with Crippen molar-refractivity contribution in [2.45, 2.75) is 6.10 Å². The summed E-state index contributed by atoms with van der Waals surface area (Å²) in [5.41, 5.74) is 0.644. The van der Waals surface area contributed by atoms with E-state index in [9.17, 15) is 5.11 Å². The lowest BCUT2D eigenvalue weighted by atomic mass is 10.2.